The number of aromatic nitrogens is 4. The van der Waals surface area contributed by atoms with Crippen molar-refractivity contribution in [2.45, 2.75) is 65.5 Å². The molecule has 3 N–H and O–H groups in total. The summed E-state index contributed by atoms with van der Waals surface area (Å²) in [7, 11) is -4.07. The van der Waals surface area contributed by atoms with Crippen molar-refractivity contribution in [3.05, 3.63) is 35.6 Å². The second kappa shape index (κ2) is 12.7. The maximum atomic E-state index is 13.8. The maximum Gasteiger partial charge on any atom is 0.459 e. The van der Waals surface area contributed by atoms with Gasteiger partial charge in [-0.25, -0.2) is 9.55 Å². The lowest BCUT2D eigenvalue weighted by Gasteiger charge is -2.24. The first-order chi connectivity index (χ1) is 19.0. The molecule has 1 aliphatic rings. The summed E-state index contributed by atoms with van der Waals surface area (Å²) in [5.74, 6) is 0.0205. The van der Waals surface area contributed by atoms with Crippen LogP contribution in [0, 0.1) is 5.92 Å². The number of nitrogens with one attached hydrogen (secondary N) is 1. The molecule has 0 amide bonds. The molecule has 1 aromatic carbocycles. The molecule has 1 fully saturated rings. The van der Waals surface area contributed by atoms with Gasteiger partial charge in [0, 0.05) is 10.9 Å². The second-order valence-electron chi connectivity index (χ2n) is 9.68. The lowest BCUT2D eigenvalue weighted by atomic mass is 10.1. The van der Waals surface area contributed by atoms with Crippen molar-refractivity contribution in [3.63, 3.8) is 0 Å². The normalized spacial score (nSPS) is 21.3. The Balaban J connectivity index is 1.49. The number of hydrogen-bond donors (Lipinski definition) is 2. The number of rotatable bonds is 12. The highest BCUT2D eigenvalue weighted by molar-refractivity contribution is 7.52. The molecule has 1 aliphatic heterocycles. The van der Waals surface area contributed by atoms with Gasteiger partial charge in [-0.05, 0) is 58.4 Å². The number of ether oxygens (including phenoxy) is 3. The van der Waals surface area contributed by atoms with Crippen LogP contribution in [0.25, 0.3) is 11.2 Å². The molecule has 1 saturated heterocycles. The first-order valence-electron chi connectivity index (χ1n) is 12.9. The summed E-state index contributed by atoms with van der Waals surface area (Å²) < 4.78 is 44.2. The van der Waals surface area contributed by atoms with E-state index in [4.69, 9.17) is 40.6 Å². The van der Waals surface area contributed by atoms with Crippen LogP contribution in [0.4, 0.5) is 5.95 Å². The zero-order valence-corrected chi connectivity index (χ0v) is 24.6. The van der Waals surface area contributed by atoms with E-state index >= 15 is 0 Å². The molecule has 3 aromatic rings. The number of halogens is 1. The van der Waals surface area contributed by atoms with Crippen LogP contribution in [0.3, 0.4) is 0 Å². The summed E-state index contributed by atoms with van der Waals surface area (Å²) in [6, 6.07) is 5.31. The Hall–Kier alpha value is -2.96. The predicted molar refractivity (Wildman–Crippen MR) is 148 cm³/mol. The molecular weight excluding hydrogens is 563 g/mol. The molecule has 0 aliphatic carbocycles. The molecule has 2 aromatic heterocycles. The minimum atomic E-state index is -4.07. The Kier molecular flexibility index (Phi) is 9.52. The number of carbonyl (C=O) groups is 1. The minimum absolute atomic E-state index is 0.0159. The average molecular weight is 597 g/mol. The standard InChI is InChI=1S/C25H34ClN6O7P/c1-6-35-22-20-21(29-25(27)30-22)32(13-28-20)23-15(4)11-19(38-23)12-36-40(34,31-16(5)24(33)37-14(2)3)39-18-9-7-17(26)8-10-18/h7-10,13-16,19,23H,6,11-12H2,1-5H3,(H,31,34)(H2,27,29,30)/t15-,16-,19-,23+,40?/m0/s1. The van der Waals surface area contributed by atoms with Gasteiger partial charge in [0.05, 0.1) is 31.7 Å². The maximum absolute atomic E-state index is 13.8. The van der Waals surface area contributed by atoms with Crippen LogP contribution in [0.15, 0.2) is 30.6 Å². The lowest BCUT2D eigenvalue weighted by Crippen LogP contribution is -2.36. The fourth-order valence-corrected chi connectivity index (χ4v) is 5.87. The zero-order chi connectivity index (χ0) is 29.0. The van der Waals surface area contributed by atoms with E-state index in [1.165, 1.54) is 6.92 Å². The summed E-state index contributed by atoms with van der Waals surface area (Å²) in [4.78, 5) is 25.3. The van der Waals surface area contributed by atoms with Gasteiger partial charge in [0.15, 0.2) is 11.2 Å². The van der Waals surface area contributed by atoms with Crippen molar-refractivity contribution in [2.75, 3.05) is 18.9 Å². The van der Waals surface area contributed by atoms with Crippen molar-refractivity contribution in [1.82, 2.24) is 24.6 Å². The number of fused-ring (bicyclic) bond motifs is 1. The number of hydrogen-bond acceptors (Lipinski definition) is 11. The molecule has 0 bridgehead atoms. The van der Waals surface area contributed by atoms with Crippen molar-refractivity contribution >= 4 is 42.4 Å². The van der Waals surface area contributed by atoms with Crippen molar-refractivity contribution in [2.24, 2.45) is 5.92 Å². The second-order valence-corrected chi connectivity index (χ2v) is 11.8. The van der Waals surface area contributed by atoms with Gasteiger partial charge in [-0.15, -0.1) is 0 Å². The Morgan fingerprint density at radius 2 is 2.00 bits per heavy atom. The zero-order valence-electron chi connectivity index (χ0n) is 22.9. The number of carbonyl (C=O) groups excluding carboxylic acids is 1. The highest BCUT2D eigenvalue weighted by atomic mass is 35.5. The Morgan fingerprint density at radius 3 is 2.67 bits per heavy atom. The predicted octanol–water partition coefficient (Wildman–Crippen LogP) is 4.52. The molecule has 4 rings (SSSR count). The first-order valence-corrected chi connectivity index (χ1v) is 14.9. The van der Waals surface area contributed by atoms with Gasteiger partial charge in [0.2, 0.25) is 11.8 Å². The quantitative estimate of drug-likeness (QED) is 0.222. The van der Waals surface area contributed by atoms with Crippen LogP contribution in [-0.2, 0) is 23.4 Å². The van der Waals surface area contributed by atoms with E-state index < -0.39 is 32.1 Å². The molecule has 1 unspecified atom stereocenters. The third-order valence-corrected chi connectivity index (χ3v) is 7.84. The van der Waals surface area contributed by atoms with Gasteiger partial charge in [-0.3, -0.25) is 13.9 Å². The number of nitrogens with two attached hydrogens (primary N) is 1. The molecule has 0 saturated carbocycles. The van der Waals surface area contributed by atoms with Gasteiger partial charge >= 0.3 is 13.7 Å². The molecular formula is C25H34ClN6O7P. The molecule has 0 spiro atoms. The minimum Gasteiger partial charge on any atom is -0.476 e. The lowest BCUT2D eigenvalue weighted by molar-refractivity contribution is -0.149. The topological polar surface area (TPSA) is 162 Å². The summed E-state index contributed by atoms with van der Waals surface area (Å²) in [6.45, 7) is 9.13. The van der Waals surface area contributed by atoms with Crippen LogP contribution < -0.4 is 20.1 Å². The fraction of sp³-hybridized carbons (Fsp3) is 0.520. The van der Waals surface area contributed by atoms with Crippen molar-refractivity contribution < 1.29 is 32.6 Å². The fourth-order valence-electron chi connectivity index (χ4n) is 4.22. The third-order valence-electron chi connectivity index (χ3n) is 5.94. The van der Waals surface area contributed by atoms with Gasteiger partial charge in [0.1, 0.15) is 18.0 Å². The highest BCUT2D eigenvalue weighted by Gasteiger charge is 2.38. The van der Waals surface area contributed by atoms with E-state index in [0.717, 1.165) is 0 Å². The van der Waals surface area contributed by atoms with Crippen molar-refractivity contribution in [1.29, 1.82) is 0 Å². The Labute approximate surface area is 237 Å². The van der Waals surface area contributed by atoms with E-state index in [1.807, 2.05) is 13.8 Å². The first kappa shape index (κ1) is 30.0. The van der Waals surface area contributed by atoms with Crippen LogP contribution in [0.1, 0.15) is 47.3 Å². The van der Waals surface area contributed by atoms with Gasteiger partial charge in [0.25, 0.3) is 0 Å². The SMILES string of the molecule is CCOc1nc(N)nc2c1ncn2[C@@H]1O[C@H](COP(=O)(N[C@@H](C)C(=O)OC(C)C)Oc2ccc(Cl)cc2)C[C@@H]1C. The van der Waals surface area contributed by atoms with Crippen LogP contribution >= 0.6 is 19.3 Å². The van der Waals surface area contributed by atoms with Crippen molar-refractivity contribution in [3.8, 4) is 11.6 Å². The number of anilines is 1. The summed E-state index contributed by atoms with van der Waals surface area (Å²) in [6.07, 6.45) is 0.930. The molecule has 5 atom stereocenters. The number of nitrogen functional groups attached to an aromatic ring is 1. The van der Waals surface area contributed by atoms with Gasteiger partial charge in [-0.2, -0.15) is 15.1 Å². The Bertz CT molecular complexity index is 1370. The number of nitrogens with zero attached hydrogens (tertiary/aromatic N) is 4. The largest absolute Gasteiger partial charge is 0.476 e. The Morgan fingerprint density at radius 1 is 1.27 bits per heavy atom. The summed E-state index contributed by atoms with van der Waals surface area (Å²) in [5, 5.41) is 3.16. The van der Waals surface area contributed by atoms with E-state index in [-0.39, 0.29) is 30.3 Å². The van der Waals surface area contributed by atoms with E-state index in [2.05, 4.69) is 20.0 Å². The molecule has 218 valence electrons. The van der Waals surface area contributed by atoms with Gasteiger partial charge in [-0.1, -0.05) is 18.5 Å². The molecule has 15 heteroatoms. The molecule has 40 heavy (non-hydrogen) atoms. The van der Waals surface area contributed by atoms with E-state index in [0.29, 0.717) is 35.1 Å². The number of benzene rings is 1. The van der Waals surface area contributed by atoms with E-state index in [9.17, 15) is 9.36 Å². The molecule has 0 radical (unpaired) electrons. The van der Waals surface area contributed by atoms with Gasteiger partial charge < -0.3 is 24.5 Å². The average Bonchev–Trinajstić information content (AvgIpc) is 3.46. The number of imidazole rings is 1. The third kappa shape index (κ3) is 7.21. The highest BCUT2D eigenvalue weighted by Crippen LogP contribution is 2.46. The monoisotopic (exact) mass is 596 g/mol. The molecule has 3 heterocycles. The van der Waals surface area contributed by atoms with Crippen LogP contribution in [0.5, 0.6) is 11.6 Å². The molecule has 13 nitrogen and oxygen atoms in total. The summed E-state index contributed by atoms with van der Waals surface area (Å²) in [5.41, 5.74) is 6.85. The summed E-state index contributed by atoms with van der Waals surface area (Å²) >= 11 is 5.97. The smallest absolute Gasteiger partial charge is 0.459 e. The van der Waals surface area contributed by atoms with E-state index in [1.54, 1.807) is 49.0 Å². The van der Waals surface area contributed by atoms with Crippen LogP contribution in [0.2, 0.25) is 5.02 Å². The van der Waals surface area contributed by atoms with Crippen LogP contribution in [-0.4, -0.2) is 57.0 Å². The number of esters is 1.